The van der Waals surface area contributed by atoms with Gasteiger partial charge >= 0.3 is 0 Å². The van der Waals surface area contributed by atoms with Crippen LogP contribution < -0.4 is 22.1 Å². The van der Waals surface area contributed by atoms with Crippen LogP contribution in [0.1, 0.15) is 19.8 Å². The molecule has 1 unspecified atom stereocenters. The Morgan fingerprint density at radius 3 is 1.63 bits per heavy atom. The molecule has 0 saturated heterocycles. The minimum Gasteiger partial charge on any atom is -0.329 e. The van der Waals surface area contributed by atoms with E-state index in [0.717, 1.165) is 50.5 Å². The van der Waals surface area contributed by atoms with Crippen LogP contribution in [0.25, 0.3) is 0 Å². The van der Waals surface area contributed by atoms with Gasteiger partial charge in [-0.25, -0.2) is 0 Å². The van der Waals surface area contributed by atoms with Gasteiger partial charge in [0.15, 0.2) is 0 Å². The molecule has 0 aliphatic carbocycles. The SMILES string of the molecule is CC(OS(C)(C)CCCNCCN)S(C)(C)OS(C)(C)CCCNCCN. The summed E-state index contributed by atoms with van der Waals surface area (Å²) in [7, 11) is -3.43. The van der Waals surface area contributed by atoms with Gasteiger partial charge in [0.1, 0.15) is 5.44 Å². The quantitative estimate of drug-likeness (QED) is 0.255. The summed E-state index contributed by atoms with van der Waals surface area (Å²) in [5, 5.41) is 6.72. The molecule has 0 rings (SSSR count). The molecule has 0 aromatic carbocycles. The first kappa shape index (κ1) is 27.8. The highest BCUT2D eigenvalue weighted by molar-refractivity contribution is 8.41. The van der Waals surface area contributed by atoms with Gasteiger partial charge in [0.2, 0.25) is 0 Å². The average molecular weight is 449 g/mol. The summed E-state index contributed by atoms with van der Waals surface area (Å²) in [6, 6.07) is 0. The van der Waals surface area contributed by atoms with Gasteiger partial charge in [-0.15, -0.1) is 30.9 Å². The Balaban J connectivity index is 4.40. The van der Waals surface area contributed by atoms with Crippen LogP contribution in [0.2, 0.25) is 0 Å². The van der Waals surface area contributed by atoms with E-state index in [-0.39, 0.29) is 5.44 Å². The zero-order valence-electron chi connectivity index (χ0n) is 18.8. The predicted octanol–water partition coefficient (Wildman–Crippen LogP) is 2.18. The summed E-state index contributed by atoms with van der Waals surface area (Å²) in [5.74, 6) is 2.21. The Morgan fingerprint density at radius 2 is 1.19 bits per heavy atom. The topological polar surface area (TPSA) is 94.6 Å². The van der Waals surface area contributed by atoms with Gasteiger partial charge < -0.3 is 26.3 Å². The highest BCUT2D eigenvalue weighted by Gasteiger charge is 2.31. The van der Waals surface area contributed by atoms with E-state index in [9.17, 15) is 0 Å². The van der Waals surface area contributed by atoms with Crippen molar-refractivity contribution in [1.82, 2.24) is 10.6 Å². The number of nitrogens with one attached hydrogen (secondary N) is 2. The fourth-order valence-corrected chi connectivity index (χ4v) is 11.0. The molecule has 0 aromatic rings. The van der Waals surface area contributed by atoms with E-state index in [2.05, 4.69) is 55.1 Å². The summed E-state index contributed by atoms with van der Waals surface area (Å²) >= 11 is 0. The van der Waals surface area contributed by atoms with Crippen LogP contribution in [0.15, 0.2) is 0 Å². The smallest absolute Gasteiger partial charge is 0.118 e. The maximum Gasteiger partial charge on any atom is 0.118 e. The van der Waals surface area contributed by atoms with E-state index < -0.39 is 30.9 Å². The van der Waals surface area contributed by atoms with E-state index >= 15 is 0 Å². The number of hydrogen-bond acceptors (Lipinski definition) is 6. The third-order valence-corrected chi connectivity index (χ3v) is 12.2. The van der Waals surface area contributed by atoms with E-state index in [1.807, 2.05) is 0 Å². The molecular weight excluding hydrogens is 400 g/mol. The fourth-order valence-electron chi connectivity index (χ4n) is 2.62. The van der Waals surface area contributed by atoms with Gasteiger partial charge in [-0.2, -0.15) is 0 Å². The zero-order valence-corrected chi connectivity index (χ0v) is 21.3. The highest BCUT2D eigenvalue weighted by Crippen LogP contribution is 2.62. The molecule has 1 atom stereocenters. The number of hydrogen-bond donors (Lipinski definition) is 4. The van der Waals surface area contributed by atoms with Crippen molar-refractivity contribution >= 4 is 30.9 Å². The second-order valence-electron chi connectivity index (χ2n) is 8.11. The molecule has 0 fully saturated rings. The van der Waals surface area contributed by atoms with Crippen molar-refractivity contribution in [1.29, 1.82) is 0 Å². The average Bonchev–Trinajstić information content (AvgIpc) is 2.53. The van der Waals surface area contributed by atoms with Crippen LogP contribution in [0, 0.1) is 0 Å². The molecule has 27 heavy (non-hydrogen) atoms. The van der Waals surface area contributed by atoms with Gasteiger partial charge in [0.25, 0.3) is 0 Å². The first-order valence-corrected chi connectivity index (χ1v) is 17.3. The third kappa shape index (κ3) is 14.4. The third-order valence-electron chi connectivity index (χ3n) is 4.18. The molecule has 6 nitrogen and oxygen atoms in total. The Kier molecular flexibility index (Phi) is 14.3. The molecule has 0 aliphatic heterocycles. The van der Waals surface area contributed by atoms with Gasteiger partial charge in [-0.3, -0.25) is 3.63 Å². The molecule has 0 aliphatic rings. The second kappa shape index (κ2) is 13.9. The molecule has 170 valence electrons. The minimum absolute atomic E-state index is 0.140. The Bertz CT molecular complexity index is 386. The van der Waals surface area contributed by atoms with Crippen LogP contribution >= 0.6 is 30.9 Å². The van der Waals surface area contributed by atoms with Crippen LogP contribution in [-0.2, 0) is 7.81 Å². The molecule has 0 saturated carbocycles. The van der Waals surface area contributed by atoms with Crippen LogP contribution in [0.3, 0.4) is 0 Å². The first-order valence-electron chi connectivity index (χ1n) is 9.81. The summed E-state index contributed by atoms with van der Waals surface area (Å²) in [6.07, 6.45) is 15.8. The van der Waals surface area contributed by atoms with Gasteiger partial charge in [0, 0.05) is 31.9 Å². The predicted molar refractivity (Wildman–Crippen MR) is 133 cm³/mol. The Labute approximate surface area is 174 Å². The van der Waals surface area contributed by atoms with Crippen molar-refractivity contribution in [3.63, 3.8) is 0 Å². The molecule has 0 spiro atoms. The van der Waals surface area contributed by atoms with E-state index in [0.29, 0.717) is 13.1 Å². The van der Waals surface area contributed by atoms with E-state index in [1.165, 1.54) is 0 Å². The van der Waals surface area contributed by atoms with Gasteiger partial charge in [0.05, 0.1) is 0 Å². The minimum atomic E-state index is -1.27. The molecule has 0 radical (unpaired) electrons. The first-order chi connectivity index (χ1) is 12.5. The number of nitrogens with two attached hydrogens (primary N) is 2. The van der Waals surface area contributed by atoms with Crippen molar-refractivity contribution in [3.05, 3.63) is 0 Å². The Hall–Kier alpha value is 0.810. The summed E-state index contributed by atoms with van der Waals surface area (Å²) in [6.45, 7) is 7.37. The zero-order chi connectivity index (χ0) is 21.0. The largest absolute Gasteiger partial charge is 0.329 e. The fraction of sp³-hybridized carbons (Fsp3) is 1.00. The standard InChI is InChI=1S/C18H48N4O2S3/c1-18(23-25(2,3)16-8-12-21-14-10-19)27(6,7)24-26(4,5)17-9-13-22-15-11-20/h18,21-22H,8-17,19-20H2,1-7H3. The molecule has 0 aromatic heterocycles. The maximum absolute atomic E-state index is 6.67. The van der Waals surface area contributed by atoms with Crippen LogP contribution in [-0.4, -0.2) is 93.7 Å². The molecule has 6 N–H and O–H groups in total. The summed E-state index contributed by atoms with van der Waals surface area (Å²) < 4.78 is 13.2. The summed E-state index contributed by atoms with van der Waals surface area (Å²) in [4.78, 5) is 0. The molecular formula is C18H48N4O2S3. The monoisotopic (exact) mass is 448 g/mol. The second-order valence-corrected chi connectivity index (χ2v) is 18.7. The number of rotatable bonds is 17. The molecule has 9 heteroatoms. The van der Waals surface area contributed by atoms with Crippen molar-refractivity contribution in [3.8, 4) is 0 Å². The lowest BCUT2D eigenvalue weighted by atomic mass is 10.5. The van der Waals surface area contributed by atoms with Crippen molar-refractivity contribution in [2.24, 2.45) is 11.5 Å². The lowest BCUT2D eigenvalue weighted by Crippen LogP contribution is -2.27. The summed E-state index contributed by atoms with van der Waals surface area (Å²) in [5.41, 5.74) is 11.2. The van der Waals surface area contributed by atoms with Gasteiger partial charge in [-0.1, -0.05) is 0 Å². The van der Waals surface area contributed by atoms with Crippen molar-refractivity contribution < 1.29 is 7.81 Å². The maximum atomic E-state index is 6.67. The highest BCUT2D eigenvalue weighted by atomic mass is 32.3. The normalized spacial score (nSPS) is 16.3. The Morgan fingerprint density at radius 1 is 0.741 bits per heavy atom. The lowest BCUT2D eigenvalue weighted by Gasteiger charge is -2.48. The van der Waals surface area contributed by atoms with E-state index in [4.69, 9.17) is 19.3 Å². The van der Waals surface area contributed by atoms with Crippen molar-refractivity contribution in [2.45, 2.75) is 25.2 Å². The lowest BCUT2D eigenvalue weighted by molar-refractivity contribution is 0.335. The molecule has 0 heterocycles. The molecule has 0 bridgehead atoms. The van der Waals surface area contributed by atoms with E-state index in [1.54, 1.807) is 0 Å². The van der Waals surface area contributed by atoms with Gasteiger partial charge in [-0.05, 0) is 76.1 Å². The molecule has 0 amide bonds. The van der Waals surface area contributed by atoms with Crippen LogP contribution in [0.4, 0.5) is 0 Å². The van der Waals surface area contributed by atoms with Crippen molar-refractivity contribution in [2.75, 3.05) is 88.3 Å². The van der Waals surface area contributed by atoms with Crippen LogP contribution in [0.5, 0.6) is 0 Å².